The summed E-state index contributed by atoms with van der Waals surface area (Å²) in [6.07, 6.45) is 5.27. The molecule has 0 unspecified atom stereocenters. The lowest BCUT2D eigenvalue weighted by Crippen LogP contribution is -2.40. The standard InChI is InChI=1S/C17H21N7/c1-23(2)16-10-15(20-12-21-16)22-14-5-8-24(9-6-14)17-13(11-18)4-3-7-19-17/h3-4,7,10,12,14H,5-6,8-9H2,1-2H3,(H,20,21,22). The van der Waals surface area contributed by atoms with Crippen molar-refractivity contribution in [1.82, 2.24) is 15.0 Å². The Morgan fingerprint density at radius 3 is 2.75 bits per heavy atom. The third-order valence-electron chi connectivity index (χ3n) is 4.16. The fourth-order valence-corrected chi connectivity index (χ4v) is 2.85. The van der Waals surface area contributed by atoms with E-state index in [1.165, 1.54) is 0 Å². The quantitative estimate of drug-likeness (QED) is 0.920. The molecule has 3 heterocycles. The summed E-state index contributed by atoms with van der Waals surface area (Å²) in [5, 5.41) is 12.7. The number of pyridine rings is 1. The van der Waals surface area contributed by atoms with E-state index in [2.05, 4.69) is 31.2 Å². The van der Waals surface area contributed by atoms with Crippen LogP contribution in [0.25, 0.3) is 0 Å². The molecule has 7 heteroatoms. The average Bonchev–Trinajstić information content (AvgIpc) is 2.62. The Labute approximate surface area is 142 Å². The number of hydrogen-bond donors (Lipinski definition) is 1. The van der Waals surface area contributed by atoms with Gasteiger partial charge in [0.2, 0.25) is 0 Å². The largest absolute Gasteiger partial charge is 0.367 e. The minimum Gasteiger partial charge on any atom is -0.367 e. The molecule has 7 nitrogen and oxygen atoms in total. The van der Waals surface area contributed by atoms with Gasteiger partial charge in [0.1, 0.15) is 29.9 Å². The molecule has 1 saturated heterocycles. The highest BCUT2D eigenvalue weighted by atomic mass is 15.2. The van der Waals surface area contributed by atoms with Crippen molar-refractivity contribution in [1.29, 1.82) is 5.26 Å². The van der Waals surface area contributed by atoms with Crippen LogP contribution in [0.3, 0.4) is 0 Å². The van der Waals surface area contributed by atoms with Crippen molar-refractivity contribution in [2.24, 2.45) is 0 Å². The third kappa shape index (κ3) is 3.54. The summed E-state index contributed by atoms with van der Waals surface area (Å²) >= 11 is 0. The summed E-state index contributed by atoms with van der Waals surface area (Å²) in [6.45, 7) is 1.74. The first-order chi connectivity index (χ1) is 11.7. The second-order valence-corrected chi connectivity index (χ2v) is 6.05. The van der Waals surface area contributed by atoms with Crippen LogP contribution < -0.4 is 15.1 Å². The first-order valence-electron chi connectivity index (χ1n) is 8.03. The van der Waals surface area contributed by atoms with Crippen molar-refractivity contribution in [2.45, 2.75) is 18.9 Å². The van der Waals surface area contributed by atoms with Crippen LogP contribution >= 0.6 is 0 Å². The van der Waals surface area contributed by atoms with E-state index in [9.17, 15) is 5.26 Å². The summed E-state index contributed by atoms with van der Waals surface area (Å²) in [4.78, 5) is 17.0. The summed E-state index contributed by atoms with van der Waals surface area (Å²) in [5.41, 5.74) is 0.635. The molecule has 0 amide bonds. The molecule has 0 atom stereocenters. The fourth-order valence-electron chi connectivity index (χ4n) is 2.85. The van der Waals surface area contributed by atoms with Gasteiger partial charge in [-0.15, -0.1) is 0 Å². The van der Waals surface area contributed by atoms with Gasteiger partial charge >= 0.3 is 0 Å². The van der Waals surface area contributed by atoms with E-state index in [1.807, 2.05) is 31.1 Å². The Hall–Kier alpha value is -2.88. The second-order valence-electron chi connectivity index (χ2n) is 6.05. The SMILES string of the molecule is CN(C)c1cc(NC2CCN(c3ncccc3C#N)CC2)ncn1. The number of rotatable bonds is 4. The number of nitrogens with zero attached hydrogens (tertiary/aromatic N) is 6. The van der Waals surface area contributed by atoms with Crippen LogP contribution in [-0.4, -0.2) is 48.2 Å². The summed E-state index contributed by atoms with van der Waals surface area (Å²) in [6, 6.07) is 8.15. The zero-order valence-electron chi connectivity index (χ0n) is 14.0. The Morgan fingerprint density at radius 2 is 2.04 bits per heavy atom. The molecule has 1 aliphatic heterocycles. The average molecular weight is 323 g/mol. The van der Waals surface area contributed by atoms with Gasteiger partial charge in [-0.3, -0.25) is 0 Å². The van der Waals surface area contributed by atoms with Gasteiger partial charge in [0.15, 0.2) is 0 Å². The van der Waals surface area contributed by atoms with E-state index in [4.69, 9.17) is 0 Å². The van der Waals surface area contributed by atoms with Gasteiger partial charge < -0.3 is 15.1 Å². The lowest BCUT2D eigenvalue weighted by atomic mass is 10.0. The Balaban J connectivity index is 1.61. The second kappa shape index (κ2) is 7.13. The van der Waals surface area contributed by atoms with Crippen LogP contribution in [0.15, 0.2) is 30.7 Å². The molecular formula is C17H21N7. The molecule has 1 N–H and O–H groups in total. The van der Waals surface area contributed by atoms with Crippen molar-refractivity contribution < 1.29 is 0 Å². The highest BCUT2D eigenvalue weighted by molar-refractivity contribution is 5.54. The molecule has 0 saturated carbocycles. The smallest absolute Gasteiger partial charge is 0.146 e. The predicted octanol–water partition coefficient (Wildman–Crippen LogP) is 1.89. The van der Waals surface area contributed by atoms with Crippen molar-refractivity contribution in [2.75, 3.05) is 42.3 Å². The van der Waals surface area contributed by atoms with Crippen LogP contribution in [0.4, 0.5) is 17.5 Å². The molecule has 3 rings (SSSR count). The monoisotopic (exact) mass is 323 g/mol. The summed E-state index contributed by atoms with van der Waals surface area (Å²) < 4.78 is 0. The summed E-state index contributed by atoms with van der Waals surface area (Å²) in [7, 11) is 3.93. The Morgan fingerprint density at radius 1 is 1.25 bits per heavy atom. The number of aromatic nitrogens is 3. The first kappa shape index (κ1) is 16.0. The van der Waals surface area contributed by atoms with Gasteiger partial charge in [-0.05, 0) is 25.0 Å². The molecule has 0 aromatic carbocycles. The molecule has 0 radical (unpaired) electrons. The molecule has 2 aromatic rings. The number of piperidine rings is 1. The van der Waals surface area contributed by atoms with Crippen molar-refractivity contribution in [3.8, 4) is 6.07 Å². The van der Waals surface area contributed by atoms with Crippen molar-refractivity contribution in [3.05, 3.63) is 36.3 Å². The minimum atomic E-state index is 0.361. The molecule has 124 valence electrons. The minimum absolute atomic E-state index is 0.361. The van der Waals surface area contributed by atoms with Gasteiger partial charge in [0, 0.05) is 45.5 Å². The van der Waals surface area contributed by atoms with Crippen LogP contribution in [0.1, 0.15) is 18.4 Å². The fraction of sp³-hybridized carbons (Fsp3) is 0.412. The lowest BCUT2D eigenvalue weighted by Gasteiger charge is -2.33. The molecule has 2 aromatic heterocycles. The van der Waals surface area contributed by atoms with Gasteiger partial charge in [-0.2, -0.15) is 5.26 Å². The molecule has 0 spiro atoms. The van der Waals surface area contributed by atoms with E-state index in [1.54, 1.807) is 18.6 Å². The molecule has 24 heavy (non-hydrogen) atoms. The maximum Gasteiger partial charge on any atom is 0.146 e. The highest BCUT2D eigenvalue weighted by Crippen LogP contribution is 2.23. The molecule has 0 bridgehead atoms. The maximum absolute atomic E-state index is 9.22. The third-order valence-corrected chi connectivity index (χ3v) is 4.16. The Kier molecular flexibility index (Phi) is 4.75. The number of nitriles is 1. The zero-order chi connectivity index (χ0) is 16.9. The number of anilines is 3. The normalized spacial score (nSPS) is 15.0. The molecule has 1 aliphatic rings. The van der Waals surface area contributed by atoms with E-state index in [-0.39, 0.29) is 0 Å². The maximum atomic E-state index is 9.22. The number of nitrogens with one attached hydrogen (secondary N) is 1. The van der Waals surface area contributed by atoms with E-state index < -0.39 is 0 Å². The summed E-state index contributed by atoms with van der Waals surface area (Å²) in [5.74, 6) is 2.52. The first-order valence-corrected chi connectivity index (χ1v) is 8.03. The van der Waals surface area contributed by atoms with Crippen molar-refractivity contribution >= 4 is 17.5 Å². The molecular weight excluding hydrogens is 302 g/mol. The van der Waals surface area contributed by atoms with Crippen LogP contribution in [-0.2, 0) is 0 Å². The zero-order valence-corrected chi connectivity index (χ0v) is 14.0. The lowest BCUT2D eigenvalue weighted by molar-refractivity contribution is 0.522. The van der Waals surface area contributed by atoms with Crippen molar-refractivity contribution in [3.63, 3.8) is 0 Å². The van der Waals surface area contributed by atoms with Gasteiger partial charge in [0.25, 0.3) is 0 Å². The van der Waals surface area contributed by atoms with Gasteiger partial charge in [-0.1, -0.05) is 0 Å². The molecule has 1 fully saturated rings. The van der Waals surface area contributed by atoms with Gasteiger partial charge in [0.05, 0.1) is 5.56 Å². The Bertz CT molecular complexity index is 730. The topological polar surface area (TPSA) is 81.0 Å². The van der Waals surface area contributed by atoms with Crippen LogP contribution in [0, 0.1) is 11.3 Å². The molecule has 0 aliphatic carbocycles. The van der Waals surface area contributed by atoms with Crippen LogP contribution in [0.2, 0.25) is 0 Å². The van der Waals surface area contributed by atoms with Gasteiger partial charge in [-0.25, -0.2) is 15.0 Å². The van der Waals surface area contributed by atoms with E-state index in [0.717, 1.165) is 43.4 Å². The highest BCUT2D eigenvalue weighted by Gasteiger charge is 2.22. The van der Waals surface area contributed by atoms with Crippen LogP contribution in [0.5, 0.6) is 0 Å². The van der Waals surface area contributed by atoms with E-state index >= 15 is 0 Å². The van der Waals surface area contributed by atoms with E-state index in [0.29, 0.717) is 11.6 Å². The predicted molar refractivity (Wildman–Crippen MR) is 94.2 cm³/mol. The number of hydrogen-bond acceptors (Lipinski definition) is 7.